The number of hydrogen-bond acceptors (Lipinski definition) is 4. The van der Waals surface area contributed by atoms with Gasteiger partial charge in [-0.3, -0.25) is 14.4 Å². The maximum Gasteiger partial charge on any atom is 0.305 e. The molecule has 0 heterocycles. The Morgan fingerprint density at radius 1 is 0.697 bits per heavy atom. The standard InChI is InChI=1S/C27H28N2O4/c30-25(17-8-18-26(31)33-19-9-12-21-10-3-1-4-11-21)28-24-16-7-13-22(20-24)27(32)29-23-14-5-2-6-15-23/h1-7,10-11,13-16,20H,8-9,12,17-19H2,(H,28,30)(H,29,32). The Morgan fingerprint density at radius 2 is 1.39 bits per heavy atom. The van der Waals surface area contributed by atoms with E-state index in [-0.39, 0.29) is 30.6 Å². The second kappa shape index (κ2) is 12.8. The number of hydrogen-bond donors (Lipinski definition) is 2. The topological polar surface area (TPSA) is 84.5 Å². The van der Waals surface area contributed by atoms with E-state index < -0.39 is 0 Å². The summed E-state index contributed by atoms with van der Waals surface area (Å²) in [5.74, 6) is -0.768. The van der Waals surface area contributed by atoms with Gasteiger partial charge in [0.2, 0.25) is 5.91 Å². The molecule has 0 fully saturated rings. The van der Waals surface area contributed by atoms with E-state index in [0.29, 0.717) is 30.0 Å². The highest BCUT2D eigenvalue weighted by Gasteiger charge is 2.10. The number of aryl methyl sites for hydroxylation is 1. The molecule has 0 unspecified atom stereocenters. The molecule has 0 aliphatic carbocycles. The zero-order valence-electron chi connectivity index (χ0n) is 18.5. The molecule has 33 heavy (non-hydrogen) atoms. The van der Waals surface area contributed by atoms with Crippen molar-refractivity contribution in [3.63, 3.8) is 0 Å². The van der Waals surface area contributed by atoms with E-state index in [1.165, 1.54) is 5.56 Å². The predicted molar refractivity (Wildman–Crippen MR) is 129 cm³/mol. The van der Waals surface area contributed by atoms with Gasteiger partial charge in [0.05, 0.1) is 6.61 Å². The summed E-state index contributed by atoms with van der Waals surface area (Å²) in [5.41, 5.74) is 2.88. The molecule has 0 radical (unpaired) electrons. The highest BCUT2D eigenvalue weighted by Crippen LogP contribution is 2.14. The van der Waals surface area contributed by atoms with Crippen LogP contribution in [0.3, 0.4) is 0 Å². The van der Waals surface area contributed by atoms with Crippen LogP contribution in [0.25, 0.3) is 0 Å². The van der Waals surface area contributed by atoms with E-state index in [9.17, 15) is 14.4 Å². The van der Waals surface area contributed by atoms with Gasteiger partial charge in [0.1, 0.15) is 0 Å². The quantitative estimate of drug-likeness (QED) is 0.314. The van der Waals surface area contributed by atoms with Crippen LogP contribution in [0.5, 0.6) is 0 Å². The van der Waals surface area contributed by atoms with Crippen molar-refractivity contribution in [3.05, 3.63) is 96.1 Å². The van der Waals surface area contributed by atoms with Gasteiger partial charge >= 0.3 is 5.97 Å². The highest BCUT2D eigenvalue weighted by atomic mass is 16.5. The van der Waals surface area contributed by atoms with Crippen LogP contribution in [0.15, 0.2) is 84.9 Å². The first-order valence-corrected chi connectivity index (χ1v) is 11.1. The van der Waals surface area contributed by atoms with Crippen LogP contribution in [0.1, 0.15) is 41.6 Å². The van der Waals surface area contributed by atoms with E-state index in [1.54, 1.807) is 36.4 Å². The molecular formula is C27H28N2O4. The maximum atomic E-state index is 12.4. The average molecular weight is 445 g/mol. The van der Waals surface area contributed by atoms with E-state index in [2.05, 4.69) is 10.6 Å². The lowest BCUT2D eigenvalue weighted by Gasteiger charge is -2.09. The fourth-order valence-electron chi connectivity index (χ4n) is 3.26. The zero-order chi connectivity index (χ0) is 23.3. The summed E-state index contributed by atoms with van der Waals surface area (Å²) in [4.78, 5) is 36.5. The van der Waals surface area contributed by atoms with Gasteiger partial charge in [-0.15, -0.1) is 0 Å². The minimum absolute atomic E-state index is 0.193. The molecule has 2 N–H and O–H groups in total. The smallest absolute Gasteiger partial charge is 0.305 e. The fourth-order valence-corrected chi connectivity index (χ4v) is 3.26. The monoisotopic (exact) mass is 444 g/mol. The third kappa shape index (κ3) is 8.61. The normalized spacial score (nSPS) is 10.3. The van der Waals surface area contributed by atoms with Crippen molar-refractivity contribution in [2.75, 3.05) is 17.2 Å². The summed E-state index contributed by atoms with van der Waals surface area (Å²) in [7, 11) is 0. The third-order valence-corrected chi connectivity index (χ3v) is 4.94. The number of nitrogens with one attached hydrogen (secondary N) is 2. The molecular weight excluding hydrogens is 416 g/mol. The molecule has 3 rings (SSSR count). The van der Waals surface area contributed by atoms with E-state index >= 15 is 0 Å². The van der Waals surface area contributed by atoms with Gasteiger partial charge < -0.3 is 15.4 Å². The number of ether oxygens (including phenoxy) is 1. The lowest BCUT2D eigenvalue weighted by atomic mass is 10.1. The second-order valence-electron chi connectivity index (χ2n) is 7.61. The summed E-state index contributed by atoms with van der Waals surface area (Å²) in [6.07, 6.45) is 2.42. The van der Waals surface area contributed by atoms with E-state index in [0.717, 1.165) is 12.8 Å². The Hall–Kier alpha value is -3.93. The Bertz CT molecular complexity index is 1050. The van der Waals surface area contributed by atoms with Crippen LogP contribution in [0.4, 0.5) is 11.4 Å². The van der Waals surface area contributed by atoms with Crippen molar-refractivity contribution in [2.24, 2.45) is 0 Å². The molecule has 0 atom stereocenters. The van der Waals surface area contributed by atoms with Gasteiger partial charge in [-0.05, 0) is 55.2 Å². The first-order chi connectivity index (χ1) is 16.1. The molecule has 0 aliphatic rings. The highest BCUT2D eigenvalue weighted by molar-refractivity contribution is 6.05. The number of para-hydroxylation sites is 1. The van der Waals surface area contributed by atoms with Crippen LogP contribution in [0, 0.1) is 0 Å². The Morgan fingerprint density at radius 3 is 2.15 bits per heavy atom. The molecule has 0 bridgehead atoms. The molecule has 170 valence electrons. The Kier molecular flexibility index (Phi) is 9.21. The third-order valence-electron chi connectivity index (χ3n) is 4.94. The number of rotatable bonds is 11. The molecule has 0 saturated heterocycles. The summed E-state index contributed by atoms with van der Waals surface area (Å²) in [5, 5.41) is 5.59. The molecule has 6 nitrogen and oxygen atoms in total. The van der Waals surface area contributed by atoms with Crippen molar-refractivity contribution in [3.8, 4) is 0 Å². The summed E-state index contributed by atoms with van der Waals surface area (Å²) in [6, 6.07) is 25.9. The van der Waals surface area contributed by atoms with Gasteiger partial charge in [0.25, 0.3) is 5.91 Å². The van der Waals surface area contributed by atoms with E-state index in [4.69, 9.17) is 4.74 Å². The first kappa shape index (κ1) is 23.7. The number of benzene rings is 3. The van der Waals surface area contributed by atoms with Crippen molar-refractivity contribution in [1.29, 1.82) is 0 Å². The molecule has 3 aromatic rings. The van der Waals surface area contributed by atoms with Crippen LogP contribution < -0.4 is 10.6 Å². The zero-order valence-corrected chi connectivity index (χ0v) is 18.5. The number of amides is 2. The van der Waals surface area contributed by atoms with Crippen molar-refractivity contribution in [1.82, 2.24) is 0 Å². The van der Waals surface area contributed by atoms with Gasteiger partial charge in [-0.1, -0.05) is 54.6 Å². The van der Waals surface area contributed by atoms with Crippen molar-refractivity contribution in [2.45, 2.75) is 32.1 Å². The first-order valence-electron chi connectivity index (χ1n) is 11.1. The maximum absolute atomic E-state index is 12.4. The number of esters is 1. The van der Waals surface area contributed by atoms with Gasteiger partial charge in [-0.2, -0.15) is 0 Å². The molecule has 0 aliphatic heterocycles. The fraction of sp³-hybridized carbons (Fsp3) is 0.222. The van der Waals surface area contributed by atoms with Crippen LogP contribution in [0.2, 0.25) is 0 Å². The van der Waals surface area contributed by atoms with E-state index in [1.807, 2.05) is 48.5 Å². The van der Waals surface area contributed by atoms with Crippen LogP contribution in [-0.2, 0) is 20.7 Å². The van der Waals surface area contributed by atoms with Crippen LogP contribution >= 0.6 is 0 Å². The lowest BCUT2D eigenvalue weighted by Crippen LogP contribution is -2.15. The van der Waals surface area contributed by atoms with Gasteiger partial charge in [0, 0.05) is 29.8 Å². The minimum atomic E-state index is -0.296. The summed E-state index contributed by atoms with van der Waals surface area (Å²) >= 11 is 0. The second-order valence-corrected chi connectivity index (χ2v) is 7.61. The number of anilines is 2. The molecule has 0 spiro atoms. The van der Waals surface area contributed by atoms with Crippen LogP contribution in [-0.4, -0.2) is 24.4 Å². The molecule has 6 heteroatoms. The minimum Gasteiger partial charge on any atom is -0.466 e. The summed E-state index contributed by atoms with van der Waals surface area (Å²) < 4.78 is 5.24. The molecule has 0 aromatic heterocycles. The van der Waals surface area contributed by atoms with Gasteiger partial charge in [0.15, 0.2) is 0 Å². The SMILES string of the molecule is O=C(CCCC(=O)OCCCc1ccccc1)Nc1cccc(C(=O)Nc2ccccc2)c1. The van der Waals surface area contributed by atoms with Gasteiger partial charge in [-0.25, -0.2) is 0 Å². The number of carbonyl (C=O) groups is 3. The average Bonchev–Trinajstić information content (AvgIpc) is 2.83. The van der Waals surface area contributed by atoms with Crippen molar-refractivity contribution < 1.29 is 19.1 Å². The Balaban J connectivity index is 1.34. The lowest BCUT2D eigenvalue weighted by molar-refractivity contribution is -0.143. The largest absolute Gasteiger partial charge is 0.466 e. The number of carbonyl (C=O) groups excluding carboxylic acids is 3. The predicted octanol–water partition coefficient (Wildman–Crippen LogP) is 5.22. The summed E-state index contributed by atoms with van der Waals surface area (Å²) in [6.45, 7) is 0.373. The van der Waals surface area contributed by atoms with Crippen molar-refractivity contribution >= 4 is 29.2 Å². The molecule has 2 amide bonds. The molecule has 3 aromatic carbocycles. The molecule has 0 saturated carbocycles. The Labute approximate surface area is 194 Å².